The lowest BCUT2D eigenvalue weighted by molar-refractivity contribution is -0.111. The molecule has 7 heteroatoms. The lowest BCUT2D eigenvalue weighted by Gasteiger charge is -2.04. The first-order valence-corrected chi connectivity index (χ1v) is 8.05. The van der Waals surface area contributed by atoms with E-state index in [-0.39, 0.29) is 5.91 Å². The van der Waals surface area contributed by atoms with Crippen LogP contribution >= 0.6 is 0 Å². The van der Waals surface area contributed by atoms with Crippen LogP contribution in [0.3, 0.4) is 0 Å². The maximum absolute atomic E-state index is 12.3. The molecular weight excluding hydrogens is 328 g/mol. The number of hydrogen-bond acceptors (Lipinski definition) is 4. The lowest BCUT2D eigenvalue weighted by atomic mass is 10.0. The fourth-order valence-electron chi connectivity index (χ4n) is 2.77. The molecule has 4 aromatic rings. The van der Waals surface area contributed by atoms with Crippen LogP contribution in [0.4, 0.5) is 5.69 Å². The highest BCUT2D eigenvalue weighted by molar-refractivity contribution is 6.06. The number of fused-ring (bicyclic) bond motifs is 1. The molecule has 0 aliphatic rings. The van der Waals surface area contributed by atoms with Gasteiger partial charge in [0.25, 0.3) is 0 Å². The summed E-state index contributed by atoms with van der Waals surface area (Å²) in [6.07, 6.45) is 12.0. The Bertz CT molecular complexity index is 1110. The molecule has 0 atom stereocenters. The summed E-state index contributed by atoms with van der Waals surface area (Å²) >= 11 is 0. The van der Waals surface area contributed by atoms with E-state index in [0.29, 0.717) is 5.69 Å². The van der Waals surface area contributed by atoms with Crippen LogP contribution in [0.15, 0.2) is 61.5 Å². The Balaban J connectivity index is 1.57. The highest BCUT2D eigenvalue weighted by Crippen LogP contribution is 2.23. The summed E-state index contributed by atoms with van der Waals surface area (Å²) in [6.45, 7) is 0. The Labute approximate surface area is 149 Å². The molecule has 0 aliphatic carbocycles. The van der Waals surface area contributed by atoms with Gasteiger partial charge in [-0.1, -0.05) is 6.07 Å². The van der Waals surface area contributed by atoms with Crippen molar-refractivity contribution in [2.24, 2.45) is 7.05 Å². The molecule has 0 saturated carbocycles. The third-order valence-corrected chi connectivity index (χ3v) is 3.99. The van der Waals surface area contributed by atoms with Crippen molar-refractivity contribution in [3.63, 3.8) is 0 Å². The monoisotopic (exact) mass is 344 g/mol. The van der Waals surface area contributed by atoms with Crippen LogP contribution < -0.4 is 5.32 Å². The van der Waals surface area contributed by atoms with E-state index < -0.39 is 0 Å². The Morgan fingerprint density at radius 3 is 3.04 bits per heavy atom. The fourth-order valence-corrected chi connectivity index (χ4v) is 2.77. The number of benzene rings is 1. The number of rotatable bonds is 4. The summed E-state index contributed by atoms with van der Waals surface area (Å²) < 4.78 is 1.74. The first kappa shape index (κ1) is 15.8. The topological polar surface area (TPSA) is 88.5 Å². The molecule has 0 fully saturated rings. The van der Waals surface area contributed by atoms with E-state index in [1.165, 1.54) is 6.08 Å². The van der Waals surface area contributed by atoms with Crippen LogP contribution in [0, 0.1) is 0 Å². The van der Waals surface area contributed by atoms with Gasteiger partial charge in [-0.15, -0.1) is 0 Å². The summed E-state index contributed by atoms with van der Waals surface area (Å²) in [6, 6.07) is 7.49. The highest BCUT2D eigenvalue weighted by atomic mass is 16.1. The standard InChI is InChI=1S/C19H16N6O/c1-25-11-14(10-23-25)15-7-8-20-9-13(15)5-6-18(26)24-17-4-2-3-16-19(17)22-12-21-16/h2-12H,1H3,(H,21,22)(H,24,26). The third-order valence-electron chi connectivity index (χ3n) is 3.99. The minimum absolute atomic E-state index is 0.235. The second-order valence-electron chi connectivity index (χ2n) is 5.79. The van der Waals surface area contributed by atoms with Crippen LogP contribution in [0.1, 0.15) is 5.56 Å². The average molecular weight is 344 g/mol. The van der Waals surface area contributed by atoms with E-state index in [4.69, 9.17) is 0 Å². The number of aromatic amines is 1. The molecule has 1 aromatic carbocycles. The molecule has 0 radical (unpaired) electrons. The van der Waals surface area contributed by atoms with Crippen molar-refractivity contribution in [2.45, 2.75) is 0 Å². The number of anilines is 1. The Kier molecular flexibility index (Phi) is 4.03. The number of pyridine rings is 1. The molecule has 26 heavy (non-hydrogen) atoms. The van der Waals surface area contributed by atoms with Crippen molar-refractivity contribution in [3.05, 3.63) is 67.0 Å². The molecule has 3 aromatic heterocycles. The zero-order chi connectivity index (χ0) is 17.9. The van der Waals surface area contributed by atoms with Gasteiger partial charge in [0.1, 0.15) is 5.52 Å². The maximum Gasteiger partial charge on any atom is 0.248 e. The van der Waals surface area contributed by atoms with Gasteiger partial charge in [0.15, 0.2) is 0 Å². The van der Waals surface area contributed by atoms with Gasteiger partial charge in [-0.05, 0) is 29.8 Å². The van der Waals surface area contributed by atoms with Crippen molar-refractivity contribution in [1.82, 2.24) is 24.7 Å². The van der Waals surface area contributed by atoms with Crippen molar-refractivity contribution in [1.29, 1.82) is 0 Å². The quantitative estimate of drug-likeness (QED) is 0.557. The molecule has 3 heterocycles. The number of carbonyl (C=O) groups excluding carboxylic acids is 1. The number of aromatic nitrogens is 5. The molecule has 2 N–H and O–H groups in total. The number of imidazole rings is 1. The zero-order valence-electron chi connectivity index (χ0n) is 14.0. The van der Waals surface area contributed by atoms with Gasteiger partial charge in [-0.3, -0.25) is 14.5 Å². The molecule has 4 rings (SSSR count). The van der Waals surface area contributed by atoms with E-state index in [1.54, 1.807) is 35.7 Å². The van der Waals surface area contributed by atoms with Crippen LogP contribution in [0.25, 0.3) is 28.2 Å². The van der Waals surface area contributed by atoms with Gasteiger partial charge in [-0.2, -0.15) is 5.10 Å². The normalized spacial score (nSPS) is 11.3. The van der Waals surface area contributed by atoms with Gasteiger partial charge < -0.3 is 10.3 Å². The Hall–Kier alpha value is -3.74. The van der Waals surface area contributed by atoms with Crippen LogP contribution in [-0.4, -0.2) is 30.6 Å². The number of nitrogens with zero attached hydrogens (tertiary/aromatic N) is 4. The van der Waals surface area contributed by atoms with Gasteiger partial charge in [0.05, 0.1) is 23.7 Å². The molecule has 0 spiro atoms. The van der Waals surface area contributed by atoms with Crippen molar-refractivity contribution < 1.29 is 4.79 Å². The largest absolute Gasteiger partial charge is 0.345 e. The van der Waals surface area contributed by atoms with Gasteiger partial charge in [-0.25, -0.2) is 4.98 Å². The summed E-state index contributed by atoms with van der Waals surface area (Å²) in [5, 5.41) is 7.05. The summed E-state index contributed by atoms with van der Waals surface area (Å²) in [5.41, 5.74) is 5.04. The average Bonchev–Trinajstić information content (AvgIpc) is 3.30. The van der Waals surface area contributed by atoms with Gasteiger partial charge >= 0.3 is 0 Å². The molecule has 0 aliphatic heterocycles. The molecular formula is C19H16N6O. The minimum Gasteiger partial charge on any atom is -0.345 e. The SMILES string of the molecule is Cn1cc(-c2ccncc2C=CC(=O)Nc2cccc3[nH]cnc23)cn1. The predicted octanol–water partition coefficient (Wildman–Crippen LogP) is 3.01. The lowest BCUT2D eigenvalue weighted by Crippen LogP contribution is -2.08. The minimum atomic E-state index is -0.235. The van der Waals surface area contributed by atoms with Crippen LogP contribution in [0.5, 0.6) is 0 Å². The Morgan fingerprint density at radius 2 is 2.19 bits per heavy atom. The summed E-state index contributed by atoms with van der Waals surface area (Å²) in [5.74, 6) is -0.235. The maximum atomic E-state index is 12.3. The molecule has 128 valence electrons. The third kappa shape index (κ3) is 3.10. The van der Waals surface area contributed by atoms with Gasteiger partial charge in [0.2, 0.25) is 5.91 Å². The van der Waals surface area contributed by atoms with E-state index >= 15 is 0 Å². The van der Waals surface area contributed by atoms with E-state index in [1.807, 2.05) is 37.5 Å². The van der Waals surface area contributed by atoms with Gasteiger partial charge in [0, 0.05) is 42.8 Å². The van der Waals surface area contributed by atoms with Crippen molar-refractivity contribution in [2.75, 3.05) is 5.32 Å². The summed E-state index contributed by atoms with van der Waals surface area (Å²) in [7, 11) is 1.86. The molecule has 0 saturated heterocycles. The number of carbonyl (C=O) groups is 1. The number of H-pyrrole nitrogens is 1. The number of hydrogen-bond donors (Lipinski definition) is 2. The second kappa shape index (κ2) is 6.64. The molecule has 1 amide bonds. The summed E-state index contributed by atoms with van der Waals surface area (Å²) in [4.78, 5) is 23.7. The van der Waals surface area contributed by atoms with E-state index in [9.17, 15) is 4.79 Å². The number of para-hydroxylation sites is 1. The Morgan fingerprint density at radius 1 is 1.27 bits per heavy atom. The first-order chi connectivity index (χ1) is 12.7. The van der Waals surface area contributed by atoms with Crippen LogP contribution in [-0.2, 0) is 11.8 Å². The van der Waals surface area contributed by atoms with Crippen LogP contribution in [0.2, 0.25) is 0 Å². The first-order valence-electron chi connectivity index (χ1n) is 8.05. The molecule has 0 bridgehead atoms. The molecule has 0 unspecified atom stereocenters. The van der Waals surface area contributed by atoms with Crippen molar-refractivity contribution in [3.8, 4) is 11.1 Å². The molecule has 7 nitrogen and oxygen atoms in total. The van der Waals surface area contributed by atoms with E-state index in [2.05, 4.69) is 25.4 Å². The zero-order valence-corrected chi connectivity index (χ0v) is 14.0. The van der Waals surface area contributed by atoms with E-state index in [0.717, 1.165) is 27.7 Å². The number of aryl methyl sites for hydroxylation is 1. The number of amides is 1. The smallest absolute Gasteiger partial charge is 0.248 e. The highest BCUT2D eigenvalue weighted by Gasteiger charge is 2.07. The number of nitrogens with one attached hydrogen (secondary N) is 2. The van der Waals surface area contributed by atoms with Crippen molar-refractivity contribution >= 4 is 28.7 Å². The predicted molar refractivity (Wildman–Crippen MR) is 100 cm³/mol. The fraction of sp³-hybridized carbons (Fsp3) is 0.0526. The second-order valence-corrected chi connectivity index (χ2v) is 5.79.